The Balaban J connectivity index is 1.79. The molecular weight excluding hydrogens is 762 g/mol. The molecule has 0 unspecified atom stereocenters. The summed E-state index contributed by atoms with van der Waals surface area (Å²) in [6.07, 6.45) is 6.10. The number of amides is 1. The van der Waals surface area contributed by atoms with Crippen molar-refractivity contribution in [2.24, 2.45) is 29.6 Å². The van der Waals surface area contributed by atoms with Crippen LogP contribution in [0.3, 0.4) is 0 Å². The molecule has 14 nitrogen and oxygen atoms in total. The maximum absolute atomic E-state index is 14.3. The number of carbonyl (C=O) groups is 5. The van der Waals surface area contributed by atoms with E-state index in [-0.39, 0.29) is 56.0 Å². The van der Waals surface area contributed by atoms with E-state index >= 15 is 0 Å². The zero-order chi connectivity index (χ0) is 43.6. The number of carbonyl (C=O) groups excluding carboxylic acids is 5. The smallest absolute Gasteiger partial charge is 0.329 e. The molecule has 14 atom stereocenters. The van der Waals surface area contributed by atoms with Crippen LogP contribution in [-0.2, 0) is 47.7 Å². The van der Waals surface area contributed by atoms with E-state index in [1.807, 2.05) is 26.0 Å². The minimum atomic E-state index is -2.53. The fraction of sp³-hybridized carbons (Fsp3) is 0.756. The number of hydrogen-bond acceptors (Lipinski definition) is 13. The summed E-state index contributed by atoms with van der Waals surface area (Å²) in [7, 11) is 4.57. The number of ether oxygens (including phenoxy) is 5. The third-order valence-electron chi connectivity index (χ3n) is 13.1. The molecule has 2 saturated heterocycles. The molecule has 0 spiro atoms. The van der Waals surface area contributed by atoms with Gasteiger partial charge in [-0.25, -0.2) is 4.79 Å². The number of hydrogen-bond donors (Lipinski definition) is 3. The molecular formula is C45H69NO13. The minimum absolute atomic E-state index is 0.0366. The summed E-state index contributed by atoms with van der Waals surface area (Å²) in [6.45, 7) is 9.10. The zero-order valence-corrected chi connectivity index (χ0v) is 36.2. The molecule has 3 heterocycles. The number of fused-ring (bicyclic) bond motifs is 3. The summed E-state index contributed by atoms with van der Waals surface area (Å²) in [4.78, 5) is 69.2. The molecule has 59 heavy (non-hydrogen) atoms. The van der Waals surface area contributed by atoms with Crippen molar-refractivity contribution >= 4 is 29.7 Å². The Morgan fingerprint density at radius 3 is 2.25 bits per heavy atom. The molecule has 3 N–H and O–H groups in total. The molecule has 0 radical (unpaired) electrons. The molecule has 3 aliphatic heterocycles. The van der Waals surface area contributed by atoms with Crippen LogP contribution in [0.25, 0.3) is 0 Å². The molecule has 0 aromatic rings. The summed E-state index contributed by atoms with van der Waals surface area (Å²) in [5.41, 5.74) is 1.52. The van der Waals surface area contributed by atoms with Crippen molar-refractivity contribution in [3.8, 4) is 0 Å². The van der Waals surface area contributed by atoms with Gasteiger partial charge < -0.3 is 43.9 Å². The van der Waals surface area contributed by atoms with E-state index in [1.165, 1.54) is 20.3 Å². The highest BCUT2D eigenvalue weighted by Gasteiger charge is 2.56. The SMILES string of the molecule is CO[C@H]1C[C@@H](C)C/C(C)=C/[C@@H](C/C=C/C=O)C(=O)C[C@H](O)[C@@H](C)[C@@H](/C(C)=C/[C@@H]2CC[C@@H](O)[C@H](OC)C2)OC(=O)[C@@H]2CCCCN2C(=O)C(=O)[C@]2(O)O[C@H]1[C@@H](OC)C[C@H]2C. The van der Waals surface area contributed by atoms with Crippen molar-refractivity contribution in [1.29, 1.82) is 0 Å². The number of aldehydes is 1. The Morgan fingerprint density at radius 1 is 0.915 bits per heavy atom. The first kappa shape index (κ1) is 48.6. The maximum atomic E-state index is 14.3. The molecule has 3 fully saturated rings. The summed E-state index contributed by atoms with van der Waals surface area (Å²) in [5, 5.41) is 34.2. The molecule has 4 aliphatic rings. The topological polar surface area (TPSA) is 195 Å². The number of allylic oxidation sites excluding steroid dienone is 5. The number of piperidine rings is 1. The fourth-order valence-corrected chi connectivity index (χ4v) is 9.53. The van der Waals surface area contributed by atoms with Crippen LogP contribution in [-0.4, -0.2) is 132 Å². The van der Waals surface area contributed by atoms with Crippen molar-refractivity contribution in [2.45, 2.75) is 160 Å². The van der Waals surface area contributed by atoms with Crippen molar-refractivity contribution in [3.63, 3.8) is 0 Å². The predicted octanol–water partition coefficient (Wildman–Crippen LogP) is 4.21. The summed E-state index contributed by atoms with van der Waals surface area (Å²) >= 11 is 0. The van der Waals surface area contributed by atoms with Crippen molar-refractivity contribution in [2.75, 3.05) is 27.9 Å². The first-order valence-corrected chi connectivity index (χ1v) is 21.4. The van der Waals surface area contributed by atoms with Crippen molar-refractivity contribution in [3.05, 3.63) is 35.5 Å². The largest absolute Gasteiger partial charge is 0.456 e. The number of Topliss-reactive ketones (excluding diaryl/α,β-unsaturated/α-hetero) is 2. The van der Waals surface area contributed by atoms with E-state index in [9.17, 15) is 39.3 Å². The van der Waals surface area contributed by atoms with Gasteiger partial charge in [0, 0.05) is 52.0 Å². The van der Waals surface area contributed by atoms with E-state index in [4.69, 9.17) is 23.7 Å². The third-order valence-corrected chi connectivity index (χ3v) is 13.1. The van der Waals surface area contributed by atoms with Gasteiger partial charge in [-0.15, -0.1) is 0 Å². The molecule has 0 aromatic carbocycles. The van der Waals surface area contributed by atoms with Crippen LogP contribution in [0, 0.1) is 29.6 Å². The first-order valence-electron chi connectivity index (χ1n) is 21.4. The molecule has 332 valence electrons. The second kappa shape index (κ2) is 22.1. The highest BCUT2D eigenvalue weighted by Crippen LogP contribution is 2.39. The lowest BCUT2D eigenvalue weighted by atomic mass is 9.81. The lowest BCUT2D eigenvalue weighted by Gasteiger charge is -2.47. The number of rotatable bonds is 8. The summed E-state index contributed by atoms with van der Waals surface area (Å²) in [5.74, 6) is -8.19. The first-order chi connectivity index (χ1) is 28.0. The second-order valence-corrected chi connectivity index (χ2v) is 17.5. The normalized spacial score (nSPS) is 40.1. The van der Waals surface area contributed by atoms with Gasteiger partial charge in [-0.05, 0) is 102 Å². The lowest BCUT2D eigenvalue weighted by molar-refractivity contribution is -0.302. The lowest BCUT2D eigenvalue weighted by Crippen LogP contribution is -2.64. The quantitative estimate of drug-likeness (QED) is 0.104. The van der Waals surface area contributed by atoms with Gasteiger partial charge in [0.2, 0.25) is 5.79 Å². The molecule has 4 rings (SSSR count). The van der Waals surface area contributed by atoms with Gasteiger partial charge >= 0.3 is 5.97 Å². The van der Waals surface area contributed by atoms with Crippen molar-refractivity contribution in [1.82, 2.24) is 4.90 Å². The van der Waals surface area contributed by atoms with E-state index in [0.29, 0.717) is 56.8 Å². The Bertz CT molecular complexity index is 1560. The van der Waals surface area contributed by atoms with E-state index < -0.39 is 83.9 Å². The Hall–Kier alpha value is -3.11. The molecule has 0 aromatic heterocycles. The number of esters is 1. The van der Waals surface area contributed by atoms with E-state index in [0.717, 1.165) is 10.5 Å². The highest BCUT2D eigenvalue weighted by atomic mass is 16.7. The number of aliphatic hydroxyl groups is 3. The van der Waals surface area contributed by atoms with Gasteiger partial charge in [0.15, 0.2) is 0 Å². The molecule has 14 heteroatoms. The van der Waals surface area contributed by atoms with Crippen LogP contribution >= 0.6 is 0 Å². The van der Waals surface area contributed by atoms with Gasteiger partial charge in [-0.2, -0.15) is 0 Å². The van der Waals surface area contributed by atoms with Crippen molar-refractivity contribution < 1.29 is 63.0 Å². The van der Waals surface area contributed by atoms with Gasteiger partial charge in [0.1, 0.15) is 30.3 Å². The number of cyclic esters (lactones) is 1. The van der Waals surface area contributed by atoms with Crippen LogP contribution in [0.1, 0.15) is 105 Å². The average molecular weight is 832 g/mol. The minimum Gasteiger partial charge on any atom is -0.456 e. The molecule has 1 amide bonds. The molecule has 1 aliphatic carbocycles. The van der Waals surface area contributed by atoms with Gasteiger partial charge in [0.25, 0.3) is 11.7 Å². The van der Waals surface area contributed by atoms with Gasteiger partial charge in [-0.1, -0.05) is 44.6 Å². The van der Waals surface area contributed by atoms with E-state index in [1.54, 1.807) is 34.0 Å². The number of ketones is 2. The van der Waals surface area contributed by atoms with Gasteiger partial charge in [-0.3, -0.25) is 19.2 Å². The highest BCUT2D eigenvalue weighted by molar-refractivity contribution is 6.39. The Morgan fingerprint density at radius 2 is 1.59 bits per heavy atom. The zero-order valence-electron chi connectivity index (χ0n) is 36.2. The van der Waals surface area contributed by atoms with E-state index in [2.05, 4.69) is 0 Å². The van der Waals surface area contributed by atoms with Crippen LogP contribution < -0.4 is 0 Å². The van der Waals surface area contributed by atoms with Gasteiger partial charge in [0.05, 0.1) is 30.5 Å². The van der Waals surface area contributed by atoms with Crippen LogP contribution in [0.15, 0.2) is 35.5 Å². The Labute approximate surface area is 349 Å². The predicted molar refractivity (Wildman–Crippen MR) is 218 cm³/mol. The Kier molecular flexibility index (Phi) is 18.2. The number of methoxy groups -OCH3 is 3. The fourth-order valence-electron chi connectivity index (χ4n) is 9.53. The third kappa shape index (κ3) is 12.0. The molecule has 2 bridgehead atoms. The average Bonchev–Trinajstić information content (AvgIpc) is 3.21. The van der Waals surface area contributed by atoms with Crippen LogP contribution in [0.2, 0.25) is 0 Å². The number of aliphatic hydroxyl groups excluding tert-OH is 2. The van der Waals surface area contributed by atoms with Crippen LogP contribution in [0.4, 0.5) is 0 Å². The number of nitrogens with zero attached hydrogens (tertiary/aromatic N) is 1. The van der Waals surface area contributed by atoms with Crippen LogP contribution in [0.5, 0.6) is 0 Å². The summed E-state index contributed by atoms with van der Waals surface area (Å²) in [6, 6.07) is -1.17. The monoisotopic (exact) mass is 831 g/mol. The second-order valence-electron chi connectivity index (χ2n) is 17.5. The maximum Gasteiger partial charge on any atom is 0.329 e. The summed E-state index contributed by atoms with van der Waals surface area (Å²) < 4.78 is 29.7. The standard InChI is InChI=1S/C45H69NO13/c1-26-19-27(2)21-38(56-7)41-39(57-8)23-29(4)45(54,59-41)42(51)43(52)46-17-11-9-14-33(46)44(53)58-40(28(3)22-31-15-16-34(48)37(24-31)55-6)30(5)35(49)25-36(50)32(20-26)13-10-12-18-47/h10,12,18,20,22,27,29-35,37-41,48-49,54H,9,11,13-17,19,21,23-25H2,1-8H3/b12-10+,26-20+,28-22+/t27-,29+,30+,31-,32+,33-,34+,35-,37+,38-,39-,40+,41+,45+/m0/s1. The molecule has 1 saturated carbocycles.